The van der Waals surface area contributed by atoms with Crippen LogP contribution in [0.4, 0.5) is 14.5 Å². The Morgan fingerprint density at radius 1 is 1.36 bits per heavy atom. The van der Waals surface area contributed by atoms with E-state index < -0.39 is 11.6 Å². The summed E-state index contributed by atoms with van der Waals surface area (Å²) in [7, 11) is 1.35. The predicted molar refractivity (Wildman–Crippen MR) is 37.3 cm³/mol. The van der Waals surface area contributed by atoms with E-state index >= 15 is 0 Å². The van der Waals surface area contributed by atoms with Crippen LogP contribution in [0, 0.1) is 11.6 Å². The molecule has 2 N–H and O–H groups in total. The number of nitrogen functional groups attached to an aromatic ring is 1. The average molecular weight is 159 g/mol. The van der Waals surface area contributed by atoms with Gasteiger partial charge in [-0.15, -0.1) is 0 Å². The monoisotopic (exact) mass is 159 g/mol. The Bertz CT molecular complexity index is 252. The van der Waals surface area contributed by atoms with E-state index in [4.69, 9.17) is 5.73 Å². The maximum absolute atomic E-state index is 12.5. The molecule has 0 atom stereocenters. The molecule has 4 heteroatoms. The van der Waals surface area contributed by atoms with Crippen molar-refractivity contribution in [2.75, 3.05) is 12.8 Å². The summed E-state index contributed by atoms with van der Waals surface area (Å²) in [5, 5.41) is 0. The highest BCUT2D eigenvalue weighted by Gasteiger charge is 2.07. The van der Waals surface area contributed by atoms with Crippen LogP contribution in [-0.4, -0.2) is 7.11 Å². The quantitative estimate of drug-likeness (QED) is 0.631. The molecule has 0 aliphatic carbocycles. The van der Waals surface area contributed by atoms with Crippen molar-refractivity contribution < 1.29 is 13.5 Å². The Labute approximate surface area is 62.6 Å². The van der Waals surface area contributed by atoms with E-state index in [2.05, 4.69) is 4.74 Å². The smallest absolute Gasteiger partial charge is 0.181 e. The number of nitrogens with two attached hydrogens (primary N) is 1. The number of anilines is 1. The Morgan fingerprint density at radius 3 is 2.45 bits per heavy atom. The minimum absolute atomic E-state index is 0.210. The summed E-state index contributed by atoms with van der Waals surface area (Å²) >= 11 is 0. The van der Waals surface area contributed by atoms with E-state index in [1.807, 2.05) is 0 Å². The fourth-order valence-electron chi connectivity index (χ4n) is 0.702. The fraction of sp³-hybridized carbons (Fsp3) is 0.143. The van der Waals surface area contributed by atoms with Gasteiger partial charge < -0.3 is 10.5 Å². The number of rotatable bonds is 1. The van der Waals surface area contributed by atoms with E-state index in [-0.39, 0.29) is 11.4 Å². The third-order valence-corrected chi connectivity index (χ3v) is 1.27. The van der Waals surface area contributed by atoms with Crippen LogP contribution in [-0.2, 0) is 0 Å². The minimum Gasteiger partial charge on any atom is -0.497 e. The number of ether oxygens (including phenoxy) is 1. The largest absolute Gasteiger partial charge is 0.497 e. The number of hydrogen-bond acceptors (Lipinski definition) is 2. The van der Waals surface area contributed by atoms with Crippen LogP contribution in [0.25, 0.3) is 0 Å². The van der Waals surface area contributed by atoms with Gasteiger partial charge >= 0.3 is 0 Å². The molecule has 0 aliphatic heterocycles. The first kappa shape index (κ1) is 7.78. The highest BCUT2D eigenvalue weighted by Crippen LogP contribution is 2.21. The van der Waals surface area contributed by atoms with Crippen LogP contribution >= 0.6 is 0 Å². The molecule has 60 valence electrons. The lowest BCUT2D eigenvalue weighted by molar-refractivity contribution is 0.407. The average Bonchev–Trinajstić information content (AvgIpc) is 1.99. The highest BCUT2D eigenvalue weighted by molar-refractivity contribution is 5.45. The SMILES string of the molecule is COc1cc(N)c(F)c(F)c1. The first-order valence-corrected chi connectivity index (χ1v) is 2.93. The summed E-state index contributed by atoms with van der Waals surface area (Å²) in [6, 6.07) is 2.16. The normalized spacial score (nSPS) is 9.73. The molecule has 0 saturated carbocycles. The Morgan fingerprint density at radius 2 is 2.00 bits per heavy atom. The van der Waals surface area contributed by atoms with Crippen molar-refractivity contribution in [3.05, 3.63) is 23.8 Å². The molecule has 0 fully saturated rings. The summed E-state index contributed by atoms with van der Waals surface area (Å²) in [4.78, 5) is 0. The molecule has 2 nitrogen and oxygen atoms in total. The summed E-state index contributed by atoms with van der Waals surface area (Å²) in [6.07, 6.45) is 0. The molecule has 0 radical (unpaired) electrons. The predicted octanol–water partition coefficient (Wildman–Crippen LogP) is 1.56. The van der Waals surface area contributed by atoms with Crippen molar-refractivity contribution in [1.82, 2.24) is 0 Å². The van der Waals surface area contributed by atoms with Crippen molar-refractivity contribution in [1.29, 1.82) is 0 Å². The molecule has 0 bridgehead atoms. The third kappa shape index (κ3) is 1.39. The minimum atomic E-state index is -1.04. The lowest BCUT2D eigenvalue weighted by Gasteiger charge is -2.02. The van der Waals surface area contributed by atoms with E-state index in [9.17, 15) is 8.78 Å². The standard InChI is InChI=1S/C7H7F2NO/c1-11-4-2-5(8)7(9)6(10)3-4/h2-3H,10H2,1H3. The molecule has 0 heterocycles. The molecule has 0 saturated heterocycles. The first-order valence-electron chi connectivity index (χ1n) is 2.93. The van der Waals surface area contributed by atoms with E-state index in [0.717, 1.165) is 6.07 Å². The van der Waals surface area contributed by atoms with Gasteiger partial charge in [0.15, 0.2) is 11.6 Å². The van der Waals surface area contributed by atoms with Gasteiger partial charge in [0.1, 0.15) is 5.75 Å². The van der Waals surface area contributed by atoms with Crippen LogP contribution in [0.2, 0.25) is 0 Å². The highest BCUT2D eigenvalue weighted by atomic mass is 19.2. The summed E-state index contributed by atoms with van der Waals surface area (Å²) in [5.41, 5.74) is 4.85. The number of halogens is 2. The van der Waals surface area contributed by atoms with Gasteiger partial charge in [0.25, 0.3) is 0 Å². The number of methoxy groups -OCH3 is 1. The van der Waals surface area contributed by atoms with Crippen molar-refractivity contribution >= 4 is 5.69 Å². The second kappa shape index (κ2) is 2.74. The number of hydrogen-bond donors (Lipinski definition) is 1. The summed E-state index contributed by atoms with van der Waals surface area (Å²) in [6.45, 7) is 0. The molecule has 1 aromatic rings. The van der Waals surface area contributed by atoms with Crippen molar-refractivity contribution in [2.45, 2.75) is 0 Å². The molecule has 0 spiro atoms. The molecular formula is C7H7F2NO. The topological polar surface area (TPSA) is 35.2 Å². The van der Waals surface area contributed by atoms with Gasteiger partial charge in [-0.3, -0.25) is 0 Å². The van der Waals surface area contributed by atoms with Crippen LogP contribution in [0.15, 0.2) is 12.1 Å². The van der Waals surface area contributed by atoms with Crippen LogP contribution in [0.5, 0.6) is 5.75 Å². The number of benzene rings is 1. The Balaban J connectivity index is 3.21. The van der Waals surface area contributed by atoms with Gasteiger partial charge in [-0.05, 0) is 0 Å². The van der Waals surface area contributed by atoms with E-state index in [1.165, 1.54) is 13.2 Å². The van der Waals surface area contributed by atoms with Crippen molar-refractivity contribution in [3.8, 4) is 5.75 Å². The van der Waals surface area contributed by atoms with Crippen LogP contribution in [0.1, 0.15) is 0 Å². The molecular weight excluding hydrogens is 152 g/mol. The zero-order valence-electron chi connectivity index (χ0n) is 5.90. The zero-order chi connectivity index (χ0) is 8.43. The molecule has 11 heavy (non-hydrogen) atoms. The second-order valence-electron chi connectivity index (χ2n) is 2.01. The molecule has 0 unspecified atom stereocenters. The molecule has 0 aliphatic rings. The fourth-order valence-corrected chi connectivity index (χ4v) is 0.702. The molecule has 0 amide bonds. The van der Waals surface area contributed by atoms with E-state index in [0.29, 0.717) is 0 Å². The van der Waals surface area contributed by atoms with Gasteiger partial charge in [0.2, 0.25) is 0 Å². The lowest BCUT2D eigenvalue weighted by atomic mass is 10.3. The maximum Gasteiger partial charge on any atom is 0.181 e. The summed E-state index contributed by atoms with van der Waals surface area (Å²) in [5.74, 6) is -1.82. The Hall–Kier alpha value is -1.32. The van der Waals surface area contributed by atoms with Gasteiger partial charge in [-0.2, -0.15) is 0 Å². The van der Waals surface area contributed by atoms with Gasteiger partial charge in [0, 0.05) is 12.1 Å². The molecule has 1 rings (SSSR count). The van der Waals surface area contributed by atoms with Crippen LogP contribution in [0.3, 0.4) is 0 Å². The Kier molecular flexibility index (Phi) is 1.94. The van der Waals surface area contributed by atoms with Gasteiger partial charge in [-0.25, -0.2) is 8.78 Å². The van der Waals surface area contributed by atoms with Gasteiger partial charge in [0.05, 0.1) is 12.8 Å². The zero-order valence-corrected chi connectivity index (χ0v) is 5.90. The summed E-state index contributed by atoms with van der Waals surface area (Å²) < 4.78 is 29.6. The van der Waals surface area contributed by atoms with E-state index in [1.54, 1.807) is 0 Å². The third-order valence-electron chi connectivity index (χ3n) is 1.27. The van der Waals surface area contributed by atoms with Gasteiger partial charge in [-0.1, -0.05) is 0 Å². The van der Waals surface area contributed by atoms with Crippen LogP contribution < -0.4 is 10.5 Å². The second-order valence-corrected chi connectivity index (χ2v) is 2.01. The maximum atomic E-state index is 12.5. The first-order chi connectivity index (χ1) is 5.15. The molecule has 0 aromatic heterocycles. The van der Waals surface area contributed by atoms with Crippen molar-refractivity contribution in [3.63, 3.8) is 0 Å². The van der Waals surface area contributed by atoms with Crippen molar-refractivity contribution in [2.24, 2.45) is 0 Å². The lowest BCUT2D eigenvalue weighted by Crippen LogP contribution is -1.95. The molecule has 1 aromatic carbocycles.